The second-order valence-corrected chi connectivity index (χ2v) is 15.5. The van der Waals surface area contributed by atoms with Gasteiger partial charge in [-0.3, -0.25) is 9.59 Å². The molecule has 0 aromatic rings. The van der Waals surface area contributed by atoms with Crippen LogP contribution in [0.15, 0.2) is 48.6 Å². The number of esters is 2. The minimum atomic E-state index is -0.681. The molecule has 0 bridgehead atoms. The number of hydrogen-bond donors (Lipinski definition) is 0. The second kappa shape index (κ2) is 36.0. The predicted molar refractivity (Wildman–Crippen MR) is 227 cm³/mol. The predicted octanol–water partition coefficient (Wildman–Crippen LogP) is 12.0. The summed E-state index contributed by atoms with van der Waals surface area (Å²) in [7, 11) is 3.96. The fourth-order valence-electron chi connectivity index (χ4n) is 6.76. The number of unbranched alkanes of at least 4 members (excludes halogenated alkanes) is 17. The summed E-state index contributed by atoms with van der Waals surface area (Å²) in [4.78, 5) is 42.8. The molecule has 0 saturated carbocycles. The molecule has 1 amide bonds. The molecule has 7 heteroatoms. The highest BCUT2D eigenvalue weighted by molar-refractivity contribution is 5.85. The van der Waals surface area contributed by atoms with E-state index in [4.69, 9.17) is 9.47 Å². The van der Waals surface area contributed by atoms with Gasteiger partial charge < -0.3 is 19.3 Å². The lowest BCUT2D eigenvalue weighted by Gasteiger charge is -2.23. The van der Waals surface area contributed by atoms with Crippen molar-refractivity contribution in [3.63, 3.8) is 0 Å². The summed E-state index contributed by atoms with van der Waals surface area (Å²) in [5.74, 6) is -0.669. The third-order valence-electron chi connectivity index (χ3n) is 10.1. The van der Waals surface area contributed by atoms with Gasteiger partial charge in [-0.15, -0.1) is 0 Å². The molecule has 1 aliphatic heterocycles. The van der Waals surface area contributed by atoms with Crippen LogP contribution in [-0.4, -0.2) is 73.6 Å². The van der Waals surface area contributed by atoms with Crippen LogP contribution in [0.25, 0.3) is 0 Å². The summed E-state index contributed by atoms with van der Waals surface area (Å²) in [6, 6.07) is -0.681. The normalized spacial score (nSPS) is 16.3. The first-order chi connectivity index (χ1) is 26.4. The molecule has 0 aromatic carbocycles. The molecule has 7 nitrogen and oxygen atoms in total. The molecule has 1 heterocycles. The second-order valence-electron chi connectivity index (χ2n) is 15.5. The Hall–Kier alpha value is -2.67. The molecule has 0 aliphatic carbocycles. The smallest absolute Gasteiger partial charge is 0.329 e. The molecule has 1 fully saturated rings. The Balaban J connectivity index is 2.35. The lowest BCUT2D eigenvalue weighted by molar-refractivity contribution is -0.153. The van der Waals surface area contributed by atoms with Gasteiger partial charge in [0.25, 0.3) is 0 Å². The van der Waals surface area contributed by atoms with Crippen molar-refractivity contribution in [1.82, 2.24) is 9.80 Å². The van der Waals surface area contributed by atoms with Crippen LogP contribution in [0, 0.1) is 0 Å². The minimum absolute atomic E-state index is 0.0393. The number of likely N-dealkylation sites (tertiary alicyclic amines) is 1. The number of carbonyl (C=O) groups is 3. The third-order valence-corrected chi connectivity index (χ3v) is 10.1. The van der Waals surface area contributed by atoms with E-state index in [1.54, 1.807) is 4.90 Å². The van der Waals surface area contributed by atoms with Gasteiger partial charge in [-0.2, -0.15) is 0 Å². The standard InChI is InChI=1S/C47H82N2O5/c1-5-7-9-11-13-15-17-19-21-23-25-27-29-31-33-35-40-53-47(52)44-41-43(54-46(51)38-36-39-48(3)4)42-49(44)45(50)37-34-32-30-28-26-24-22-20-18-16-14-12-10-8-6-2/h13-16,19-22,43-44H,5-12,17-18,23-42H2,1-4H3/b15-13-,16-14-,21-19-,22-20-. The Morgan fingerprint density at radius 1 is 0.593 bits per heavy atom. The Kier molecular flexibility index (Phi) is 32.9. The quantitative estimate of drug-likeness (QED) is 0.0364. The number of ether oxygens (including phenoxy) is 2. The maximum atomic E-state index is 13.4. The van der Waals surface area contributed by atoms with Crippen LogP contribution < -0.4 is 0 Å². The van der Waals surface area contributed by atoms with E-state index in [0.29, 0.717) is 32.3 Å². The highest BCUT2D eigenvalue weighted by Crippen LogP contribution is 2.24. The largest absolute Gasteiger partial charge is 0.464 e. The number of hydrogen-bond acceptors (Lipinski definition) is 6. The Morgan fingerprint density at radius 3 is 1.59 bits per heavy atom. The number of rotatable bonds is 35. The van der Waals surface area contributed by atoms with E-state index < -0.39 is 12.1 Å². The van der Waals surface area contributed by atoms with E-state index in [2.05, 4.69) is 62.5 Å². The third kappa shape index (κ3) is 28.7. The van der Waals surface area contributed by atoms with Crippen molar-refractivity contribution in [2.24, 2.45) is 0 Å². The summed E-state index contributed by atoms with van der Waals surface area (Å²) < 4.78 is 11.4. The summed E-state index contributed by atoms with van der Waals surface area (Å²) in [6.45, 7) is 5.92. The van der Waals surface area contributed by atoms with Gasteiger partial charge >= 0.3 is 11.9 Å². The van der Waals surface area contributed by atoms with Crippen molar-refractivity contribution in [2.75, 3.05) is 33.8 Å². The number of allylic oxidation sites excluding steroid dienone is 8. The van der Waals surface area contributed by atoms with Gasteiger partial charge in [0, 0.05) is 19.3 Å². The first-order valence-corrected chi connectivity index (χ1v) is 22.3. The molecule has 54 heavy (non-hydrogen) atoms. The van der Waals surface area contributed by atoms with E-state index in [-0.39, 0.29) is 24.4 Å². The number of carbonyl (C=O) groups excluding carboxylic acids is 3. The Labute approximate surface area is 332 Å². The molecule has 1 rings (SSSR count). The van der Waals surface area contributed by atoms with Crippen LogP contribution in [0.3, 0.4) is 0 Å². The zero-order valence-corrected chi connectivity index (χ0v) is 35.4. The SMILES string of the molecule is CCCCC/C=C\C/C=C\CCCCCCCCOC(=O)C1CC(OC(=O)CCCN(C)C)CN1C(=O)CCCCCCC/C=C\C/C=C\CCCCC. The van der Waals surface area contributed by atoms with Crippen molar-refractivity contribution in [2.45, 2.75) is 199 Å². The van der Waals surface area contributed by atoms with Crippen molar-refractivity contribution in [3.05, 3.63) is 48.6 Å². The maximum Gasteiger partial charge on any atom is 0.329 e. The van der Waals surface area contributed by atoms with Gasteiger partial charge in [0.2, 0.25) is 5.91 Å². The van der Waals surface area contributed by atoms with E-state index in [9.17, 15) is 14.4 Å². The molecular weight excluding hydrogens is 673 g/mol. The first kappa shape index (κ1) is 49.3. The zero-order chi connectivity index (χ0) is 39.3. The number of nitrogens with zero attached hydrogens (tertiary/aromatic N) is 2. The summed E-state index contributed by atoms with van der Waals surface area (Å²) >= 11 is 0. The highest BCUT2D eigenvalue weighted by atomic mass is 16.5. The molecule has 2 atom stereocenters. The van der Waals surface area contributed by atoms with Crippen LogP contribution in [0.1, 0.15) is 187 Å². The van der Waals surface area contributed by atoms with Gasteiger partial charge in [-0.05, 0) is 104 Å². The highest BCUT2D eigenvalue weighted by Gasteiger charge is 2.41. The monoisotopic (exact) mass is 755 g/mol. The minimum Gasteiger partial charge on any atom is -0.464 e. The van der Waals surface area contributed by atoms with Crippen molar-refractivity contribution in [3.8, 4) is 0 Å². The average Bonchev–Trinajstić information content (AvgIpc) is 3.58. The fraction of sp³-hybridized carbons (Fsp3) is 0.766. The zero-order valence-electron chi connectivity index (χ0n) is 35.4. The lowest BCUT2D eigenvalue weighted by atomic mass is 10.1. The summed E-state index contributed by atoms with van der Waals surface area (Å²) in [6.07, 6.45) is 45.9. The van der Waals surface area contributed by atoms with Crippen molar-refractivity contribution >= 4 is 17.8 Å². The maximum absolute atomic E-state index is 13.4. The topological polar surface area (TPSA) is 76.2 Å². The van der Waals surface area contributed by atoms with Crippen LogP contribution in [0.4, 0.5) is 0 Å². The van der Waals surface area contributed by atoms with Gasteiger partial charge in [0.05, 0.1) is 13.2 Å². The molecule has 0 aromatic heterocycles. The summed E-state index contributed by atoms with van der Waals surface area (Å²) in [5.41, 5.74) is 0. The lowest BCUT2D eigenvalue weighted by Crippen LogP contribution is -2.41. The first-order valence-electron chi connectivity index (χ1n) is 22.3. The van der Waals surface area contributed by atoms with E-state index in [0.717, 1.165) is 77.2 Å². The fourth-order valence-corrected chi connectivity index (χ4v) is 6.76. The van der Waals surface area contributed by atoms with Gasteiger partial charge in [-0.1, -0.05) is 133 Å². The van der Waals surface area contributed by atoms with Crippen molar-refractivity contribution in [1.29, 1.82) is 0 Å². The van der Waals surface area contributed by atoms with Crippen LogP contribution in [-0.2, 0) is 23.9 Å². The molecule has 1 aliphatic rings. The molecule has 310 valence electrons. The van der Waals surface area contributed by atoms with Crippen molar-refractivity contribution < 1.29 is 23.9 Å². The molecule has 0 spiro atoms. The molecule has 1 saturated heterocycles. The van der Waals surface area contributed by atoms with Gasteiger partial charge in [0.15, 0.2) is 0 Å². The van der Waals surface area contributed by atoms with Crippen LogP contribution in [0.2, 0.25) is 0 Å². The van der Waals surface area contributed by atoms with Crippen LogP contribution in [0.5, 0.6) is 0 Å². The summed E-state index contributed by atoms with van der Waals surface area (Å²) in [5, 5.41) is 0. The Bertz CT molecular complexity index is 1050. The van der Waals surface area contributed by atoms with E-state index in [1.807, 2.05) is 19.0 Å². The van der Waals surface area contributed by atoms with E-state index in [1.165, 1.54) is 77.0 Å². The Morgan fingerprint density at radius 2 is 1.07 bits per heavy atom. The van der Waals surface area contributed by atoms with Crippen LogP contribution >= 0.6 is 0 Å². The molecular formula is C47H82N2O5. The van der Waals surface area contributed by atoms with Gasteiger partial charge in [-0.25, -0.2) is 4.79 Å². The van der Waals surface area contributed by atoms with Gasteiger partial charge in [0.1, 0.15) is 12.1 Å². The molecule has 0 N–H and O–H groups in total. The number of amides is 1. The average molecular weight is 755 g/mol. The molecule has 2 unspecified atom stereocenters. The molecule has 0 radical (unpaired) electrons. The van der Waals surface area contributed by atoms with E-state index >= 15 is 0 Å².